The van der Waals surface area contributed by atoms with Gasteiger partial charge in [-0.2, -0.15) is 0 Å². The van der Waals surface area contributed by atoms with Crippen molar-refractivity contribution >= 4 is 0 Å². The van der Waals surface area contributed by atoms with Crippen LogP contribution in [0.25, 0.3) is 0 Å². The first-order chi connectivity index (χ1) is 6.69. The topological polar surface area (TPSA) is 9.23 Å². The summed E-state index contributed by atoms with van der Waals surface area (Å²) in [6, 6.07) is 0. The fourth-order valence-corrected chi connectivity index (χ4v) is 2.35. The van der Waals surface area contributed by atoms with E-state index < -0.39 is 0 Å². The Morgan fingerprint density at radius 2 is 1.33 bits per heavy atom. The Kier molecular flexibility index (Phi) is 5.87. The van der Waals surface area contributed by atoms with Gasteiger partial charge in [0.1, 0.15) is 0 Å². The standard InChI is InChI=1S/C14H30O/c1-8-9-10-11-15-12(13(2,3)4)14(5,6)7/h12H,8-11H2,1-7H3. The largest absolute Gasteiger partial charge is 0.377 e. The molecule has 0 amide bonds. The number of unbranched alkanes of at least 4 members (excludes halogenated alkanes) is 2. The quantitative estimate of drug-likeness (QED) is 0.605. The summed E-state index contributed by atoms with van der Waals surface area (Å²) >= 11 is 0. The Labute approximate surface area is 96.6 Å². The Morgan fingerprint density at radius 3 is 1.67 bits per heavy atom. The van der Waals surface area contributed by atoms with Crippen LogP contribution >= 0.6 is 0 Å². The summed E-state index contributed by atoms with van der Waals surface area (Å²) in [6.45, 7) is 16.7. The normalized spacial score (nSPS) is 13.6. The van der Waals surface area contributed by atoms with Crippen LogP contribution < -0.4 is 0 Å². The van der Waals surface area contributed by atoms with Crippen LogP contribution in [0, 0.1) is 10.8 Å². The van der Waals surface area contributed by atoms with Gasteiger partial charge in [-0.1, -0.05) is 61.3 Å². The van der Waals surface area contributed by atoms with Crippen LogP contribution in [-0.2, 0) is 4.74 Å². The third kappa shape index (κ3) is 6.19. The highest BCUT2D eigenvalue weighted by Crippen LogP contribution is 2.36. The summed E-state index contributed by atoms with van der Waals surface area (Å²) in [6.07, 6.45) is 4.07. The van der Waals surface area contributed by atoms with Crippen molar-refractivity contribution in [2.75, 3.05) is 6.61 Å². The monoisotopic (exact) mass is 214 g/mol. The Bertz CT molecular complexity index is 145. The lowest BCUT2D eigenvalue weighted by Gasteiger charge is -2.40. The van der Waals surface area contributed by atoms with E-state index in [1.807, 2.05) is 0 Å². The van der Waals surface area contributed by atoms with Gasteiger partial charge in [-0.25, -0.2) is 0 Å². The maximum atomic E-state index is 6.07. The fraction of sp³-hybridized carbons (Fsp3) is 1.00. The first-order valence-electron chi connectivity index (χ1n) is 6.31. The summed E-state index contributed by atoms with van der Waals surface area (Å²) in [5.41, 5.74) is 0.453. The van der Waals surface area contributed by atoms with E-state index in [-0.39, 0.29) is 10.8 Å². The van der Waals surface area contributed by atoms with Gasteiger partial charge in [-0.3, -0.25) is 0 Å². The summed E-state index contributed by atoms with van der Waals surface area (Å²) in [5, 5.41) is 0. The van der Waals surface area contributed by atoms with E-state index in [4.69, 9.17) is 4.74 Å². The highest BCUT2D eigenvalue weighted by molar-refractivity contribution is 4.84. The van der Waals surface area contributed by atoms with Crippen LogP contribution in [0.2, 0.25) is 0 Å². The molecule has 0 aromatic rings. The van der Waals surface area contributed by atoms with Gasteiger partial charge >= 0.3 is 0 Å². The molecule has 0 spiro atoms. The van der Waals surface area contributed by atoms with Crippen LogP contribution in [-0.4, -0.2) is 12.7 Å². The van der Waals surface area contributed by atoms with E-state index in [9.17, 15) is 0 Å². The molecule has 1 heteroatoms. The molecule has 0 aromatic heterocycles. The minimum absolute atomic E-state index is 0.227. The van der Waals surface area contributed by atoms with Gasteiger partial charge in [0.05, 0.1) is 6.10 Å². The maximum absolute atomic E-state index is 6.07. The van der Waals surface area contributed by atoms with Crippen LogP contribution in [0.3, 0.4) is 0 Å². The molecule has 0 unspecified atom stereocenters. The van der Waals surface area contributed by atoms with E-state index in [0.29, 0.717) is 6.10 Å². The number of ether oxygens (including phenoxy) is 1. The molecular weight excluding hydrogens is 184 g/mol. The van der Waals surface area contributed by atoms with E-state index in [2.05, 4.69) is 48.5 Å². The molecular formula is C14H30O. The van der Waals surface area contributed by atoms with Crippen molar-refractivity contribution in [2.24, 2.45) is 10.8 Å². The second-order valence-electron chi connectivity index (χ2n) is 6.69. The average Bonchev–Trinajstić information content (AvgIpc) is 1.99. The van der Waals surface area contributed by atoms with Crippen molar-refractivity contribution in [3.63, 3.8) is 0 Å². The lowest BCUT2D eigenvalue weighted by molar-refractivity contribution is -0.0826. The Balaban J connectivity index is 4.17. The van der Waals surface area contributed by atoms with Crippen molar-refractivity contribution in [1.29, 1.82) is 0 Å². The maximum Gasteiger partial charge on any atom is 0.0671 e. The summed E-state index contributed by atoms with van der Waals surface area (Å²) in [7, 11) is 0. The Hall–Kier alpha value is -0.0400. The molecule has 0 heterocycles. The van der Waals surface area contributed by atoms with Crippen molar-refractivity contribution in [2.45, 2.75) is 73.8 Å². The average molecular weight is 214 g/mol. The molecule has 1 nitrogen and oxygen atoms in total. The van der Waals surface area contributed by atoms with Gasteiger partial charge in [-0.15, -0.1) is 0 Å². The second-order valence-corrected chi connectivity index (χ2v) is 6.69. The van der Waals surface area contributed by atoms with E-state index in [1.54, 1.807) is 0 Å². The molecule has 0 fully saturated rings. The summed E-state index contributed by atoms with van der Waals surface area (Å²) in [4.78, 5) is 0. The molecule has 0 aliphatic heterocycles. The molecule has 0 bridgehead atoms. The minimum atomic E-state index is 0.227. The summed E-state index contributed by atoms with van der Waals surface area (Å²) in [5.74, 6) is 0. The number of hydrogen-bond donors (Lipinski definition) is 0. The Morgan fingerprint density at radius 1 is 0.867 bits per heavy atom. The smallest absolute Gasteiger partial charge is 0.0671 e. The molecule has 0 saturated carbocycles. The zero-order valence-corrected chi connectivity index (χ0v) is 11.8. The van der Waals surface area contributed by atoms with E-state index in [0.717, 1.165) is 6.61 Å². The first kappa shape index (κ1) is 15.0. The van der Waals surface area contributed by atoms with Gasteiger partial charge in [0, 0.05) is 6.61 Å². The van der Waals surface area contributed by atoms with E-state index >= 15 is 0 Å². The molecule has 92 valence electrons. The molecule has 0 aliphatic carbocycles. The predicted octanol–water partition coefficient (Wildman–Crippen LogP) is 4.65. The molecule has 0 saturated heterocycles. The zero-order valence-electron chi connectivity index (χ0n) is 11.8. The molecule has 0 aromatic carbocycles. The third-order valence-electron chi connectivity index (χ3n) is 2.61. The van der Waals surface area contributed by atoms with Crippen molar-refractivity contribution in [1.82, 2.24) is 0 Å². The first-order valence-corrected chi connectivity index (χ1v) is 6.31. The molecule has 0 radical (unpaired) electrons. The SMILES string of the molecule is CCCCCOC(C(C)(C)C)C(C)(C)C. The highest BCUT2D eigenvalue weighted by atomic mass is 16.5. The zero-order chi connectivity index (χ0) is 12.1. The van der Waals surface area contributed by atoms with Gasteiger partial charge < -0.3 is 4.74 Å². The molecule has 15 heavy (non-hydrogen) atoms. The number of hydrogen-bond acceptors (Lipinski definition) is 1. The van der Waals surface area contributed by atoms with Gasteiger partial charge in [0.25, 0.3) is 0 Å². The predicted molar refractivity (Wildman–Crippen MR) is 68.2 cm³/mol. The third-order valence-corrected chi connectivity index (χ3v) is 2.61. The van der Waals surface area contributed by atoms with Crippen molar-refractivity contribution in [3.8, 4) is 0 Å². The summed E-state index contributed by atoms with van der Waals surface area (Å²) < 4.78 is 6.07. The lowest BCUT2D eigenvalue weighted by Crippen LogP contribution is -2.40. The molecule has 0 atom stereocenters. The van der Waals surface area contributed by atoms with Crippen LogP contribution in [0.15, 0.2) is 0 Å². The lowest BCUT2D eigenvalue weighted by atomic mass is 9.74. The van der Waals surface area contributed by atoms with Crippen molar-refractivity contribution in [3.05, 3.63) is 0 Å². The van der Waals surface area contributed by atoms with Crippen LogP contribution in [0.5, 0.6) is 0 Å². The number of rotatable bonds is 5. The van der Waals surface area contributed by atoms with Crippen LogP contribution in [0.4, 0.5) is 0 Å². The minimum Gasteiger partial charge on any atom is -0.377 e. The molecule has 0 N–H and O–H groups in total. The van der Waals surface area contributed by atoms with E-state index in [1.165, 1.54) is 19.3 Å². The van der Waals surface area contributed by atoms with Gasteiger partial charge in [0.2, 0.25) is 0 Å². The second kappa shape index (κ2) is 5.89. The fourth-order valence-electron chi connectivity index (χ4n) is 2.35. The molecule has 0 rings (SSSR count). The van der Waals surface area contributed by atoms with Gasteiger partial charge in [-0.05, 0) is 17.3 Å². The van der Waals surface area contributed by atoms with Gasteiger partial charge in [0.15, 0.2) is 0 Å². The van der Waals surface area contributed by atoms with Crippen LogP contribution in [0.1, 0.15) is 67.7 Å². The van der Waals surface area contributed by atoms with Crippen molar-refractivity contribution < 1.29 is 4.74 Å². The highest BCUT2D eigenvalue weighted by Gasteiger charge is 2.35. The molecule has 0 aliphatic rings.